The Balaban J connectivity index is 2.32. The van der Waals surface area contributed by atoms with Gasteiger partial charge in [-0.2, -0.15) is 0 Å². The minimum atomic E-state index is -2.37. The van der Waals surface area contributed by atoms with Crippen molar-refractivity contribution >= 4 is 23.6 Å². The Morgan fingerprint density at radius 3 is 1.30 bits per heavy atom. The fourth-order valence-corrected chi connectivity index (χ4v) is 7.19. The molecular weight excluding hydrogens is 298 g/mol. The number of hydrogen-bond donors (Lipinski definition) is 0. The van der Waals surface area contributed by atoms with Crippen LogP contribution in [-0.2, 0) is 0 Å². The topological polar surface area (TPSA) is 48.8 Å². The summed E-state index contributed by atoms with van der Waals surface area (Å²) in [5, 5.41) is 7.78. The third-order valence-corrected chi connectivity index (χ3v) is 8.74. The highest BCUT2D eigenvalue weighted by Crippen LogP contribution is 2.08. The first kappa shape index (κ1) is 15.1. The SMILES string of the molecule is [N-]=[N+]=NC[Si](c1ccccc1)(c1ccccc1)c1ccccc1. The van der Waals surface area contributed by atoms with Crippen molar-refractivity contribution in [1.82, 2.24) is 0 Å². The van der Waals surface area contributed by atoms with Crippen molar-refractivity contribution in [1.29, 1.82) is 0 Å². The molecule has 0 saturated carbocycles. The molecule has 0 unspecified atom stereocenters. The van der Waals surface area contributed by atoms with Crippen LogP contribution in [-0.4, -0.2) is 14.2 Å². The molecule has 0 bridgehead atoms. The van der Waals surface area contributed by atoms with Crippen LogP contribution < -0.4 is 15.6 Å². The van der Waals surface area contributed by atoms with Gasteiger partial charge >= 0.3 is 0 Å². The first-order valence-electron chi connectivity index (χ1n) is 7.55. The monoisotopic (exact) mass is 315 g/mol. The van der Waals surface area contributed by atoms with Gasteiger partial charge in [0.05, 0.1) is 0 Å². The average molecular weight is 315 g/mol. The number of benzene rings is 3. The van der Waals surface area contributed by atoms with E-state index in [0.29, 0.717) is 6.17 Å². The molecule has 0 aliphatic heterocycles. The van der Waals surface area contributed by atoms with Gasteiger partial charge in [0.15, 0.2) is 8.07 Å². The summed E-state index contributed by atoms with van der Waals surface area (Å²) in [6.07, 6.45) is 0.474. The van der Waals surface area contributed by atoms with Crippen LogP contribution in [0.3, 0.4) is 0 Å². The largest absolute Gasteiger partial charge is 0.153 e. The molecule has 0 heterocycles. The summed E-state index contributed by atoms with van der Waals surface area (Å²) in [5.41, 5.74) is 8.95. The van der Waals surface area contributed by atoms with Crippen LogP contribution in [0.5, 0.6) is 0 Å². The maximum absolute atomic E-state index is 8.95. The second kappa shape index (κ2) is 6.96. The minimum absolute atomic E-state index is 0.474. The predicted molar refractivity (Wildman–Crippen MR) is 98.0 cm³/mol. The molecule has 23 heavy (non-hydrogen) atoms. The molecule has 0 aliphatic carbocycles. The number of hydrogen-bond acceptors (Lipinski definition) is 1. The van der Waals surface area contributed by atoms with E-state index in [1.807, 2.05) is 18.2 Å². The van der Waals surface area contributed by atoms with Gasteiger partial charge in [0.1, 0.15) is 0 Å². The maximum Gasteiger partial charge on any atom is 0.153 e. The quantitative estimate of drug-likeness (QED) is 0.228. The van der Waals surface area contributed by atoms with E-state index in [4.69, 9.17) is 5.53 Å². The van der Waals surface area contributed by atoms with Crippen molar-refractivity contribution in [3.63, 3.8) is 0 Å². The summed E-state index contributed by atoms with van der Waals surface area (Å²) in [6.45, 7) is 0. The molecule has 0 atom stereocenters. The van der Waals surface area contributed by atoms with Crippen LogP contribution in [0.15, 0.2) is 96.1 Å². The van der Waals surface area contributed by atoms with Gasteiger partial charge in [-0.05, 0) is 21.1 Å². The molecule has 3 rings (SSSR count). The Morgan fingerprint density at radius 1 is 0.652 bits per heavy atom. The zero-order chi connectivity index (χ0) is 16.0. The maximum atomic E-state index is 8.95. The van der Waals surface area contributed by atoms with Gasteiger partial charge in [0.25, 0.3) is 0 Å². The van der Waals surface area contributed by atoms with Crippen molar-refractivity contribution in [3.05, 3.63) is 101 Å². The Bertz CT molecular complexity index is 701. The Morgan fingerprint density at radius 2 is 1.00 bits per heavy atom. The van der Waals surface area contributed by atoms with Gasteiger partial charge in [-0.25, -0.2) is 0 Å². The fraction of sp³-hybridized carbons (Fsp3) is 0.0526. The molecule has 3 nitrogen and oxygen atoms in total. The number of azide groups is 1. The second-order valence-electron chi connectivity index (χ2n) is 5.39. The molecule has 112 valence electrons. The van der Waals surface area contributed by atoms with E-state index in [1.165, 1.54) is 15.6 Å². The molecule has 0 amide bonds. The summed E-state index contributed by atoms with van der Waals surface area (Å²) in [6, 6.07) is 31.3. The first-order chi connectivity index (χ1) is 11.4. The normalized spacial score (nSPS) is 10.8. The number of rotatable bonds is 5. The lowest BCUT2D eigenvalue weighted by atomic mass is 10.3. The lowest BCUT2D eigenvalue weighted by molar-refractivity contribution is 1.28. The van der Waals surface area contributed by atoms with E-state index in [0.717, 1.165) is 0 Å². The minimum Gasteiger partial charge on any atom is -0.0959 e. The van der Waals surface area contributed by atoms with Crippen molar-refractivity contribution in [2.45, 2.75) is 0 Å². The molecule has 0 saturated heterocycles. The molecule has 0 spiro atoms. The summed E-state index contributed by atoms with van der Waals surface area (Å²) in [7, 11) is -2.37. The molecule has 0 fully saturated rings. The molecule has 4 heteroatoms. The predicted octanol–water partition coefficient (Wildman–Crippen LogP) is 3.01. The lowest BCUT2D eigenvalue weighted by Gasteiger charge is -2.32. The lowest BCUT2D eigenvalue weighted by Crippen LogP contribution is -2.69. The molecule has 3 aromatic rings. The third-order valence-electron chi connectivity index (χ3n) is 4.17. The Hall–Kier alpha value is -2.81. The van der Waals surface area contributed by atoms with Gasteiger partial charge in [0.2, 0.25) is 0 Å². The van der Waals surface area contributed by atoms with Gasteiger partial charge < -0.3 is 0 Å². The van der Waals surface area contributed by atoms with Crippen molar-refractivity contribution in [3.8, 4) is 0 Å². The van der Waals surface area contributed by atoms with E-state index in [-0.39, 0.29) is 0 Å². The van der Waals surface area contributed by atoms with Crippen molar-refractivity contribution < 1.29 is 0 Å². The average Bonchev–Trinajstić information content (AvgIpc) is 2.65. The smallest absolute Gasteiger partial charge is 0.0959 e. The highest BCUT2D eigenvalue weighted by molar-refractivity contribution is 7.11. The fourth-order valence-electron chi connectivity index (χ4n) is 3.08. The first-order valence-corrected chi connectivity index (χ1v) is 9.76. The van der Waals surface area contributed by atoms with Crippen LogP contribution in [0, 0.1) is 0 Å². The van der Waals surface area contributed by atoms with Crippen molar-refractivity contribution in [2.24, 2.45) is 5.11 Å². The van der Waals surface area contributed by atoms with Crippen LogP contribution >= 0.6 is 0 Å². The van der Waals surface area contributed by atoms with Crippen molar-refractivity contribution in [2.75, 3.05) is 6.17 Å². The Kier molecular flexibility index (Phi) is 4.57. The summed E-state index contributed by atoms with van der Waals surface area (Å²) in [5.74, 6) is 0. The highest BCUT2D eigenvalue weighted by Gasteiger charge is 2.38. The summed E-state index contributed by atoms with van der Waals surface area (Å²) < 4.78 is 0. The zero-order valence-electron chi connectivity index (χ0n) is 12.7. The van der Waals surface area contributed by atoms with Crippen LogP contribution in [0.1, 0.15) is 0 Å². The van der Waals surface area contributed by atoms with Crippen LogP contribution in [0.25, 0.3) is 10.4 Å². The molecule has 0 radical (unpaired) electrons. The standard InChI is InChI=1S/C19H17N3Si/c20-22-21-16-23(17-10-4-1-5-11-17,18-12-6-2-7-13-18)19-14-8-3-9-15-19/h1-15H,16H2. The number of nitrogens with zero attached hydrogens (tertiary/aromatic N) is 3. The molecule has 0 aliphatic rings. The molecular formula is C19H17N3Si. The second-order valence-corrected chi connectivity index (χ2v) is 9.25. The molecule has 3 aromatic carbocycles. The van der Waals surface area contributed by atoms with Gasteiger partial charge in [0, 0.05) is 11.1 Å². The van der Waals surface area contributed by atoms with Crippen LogP contribution in [0.2, 0.25) is 0 Å². The van der Waals surface area contributed by atoms with Crippen LogP contribution in [0.4, 0.5) is 0 Å². The van der Waals surface area contributed by atoms with E-state index in [9.17, 15) is 0 Å². The van der Waals surface area contributed by atoms with E-state index in [1.54, 1.807) is 0 Å². The summed E-state index contributed by atoms with van der Waals surface area (Å²) >= 11 is 0. The van der Waals surface area contributed by atoms with Gasteiger partial charge in [-0.3, -0.25) is 0 Å². The third kappa shape index (κ3) is 2.90. The Labute approximate surface area is 136 Å². The van der Waals surface area contributed by atoms with E-state index in [2.05, 4.69) is 82.8 Å². The van der Waals surface area contributed by atoms with E-state index >= 15 is 0 Å². The van der Waals surface area contributed by atoms with Gasteiger partial charge in [-0.15, -0.1) is 0 Å². The molecule has 0 N–H and O–H groups in total. The zero-order valence-corrected chi connectivity index (χ0v) is 13.7. The van der Waals surface area contributed by atoms with E-state index < -0.39 is 8.07 Å². The van der Waals surface area contributed by atoms with Gasteiger partial charge in [-0.1, -0.05) is 96.1 Å². The molecule has 0 aromatic heterocycles. The highest BCUT2D eigenvalue weighted by atomic mass is 28.3. The summed E-state index contributed by atoms with van der Waals surface area (Å²) in [4.78, 5) is 3.06.